The maximum absolute atomic E-state index is 3.61. The number of piperidine rings is 1. The van der Waals surface area contributed by atoms with Gasteiger partial charge < -0.3 is 5.32 Å². The minimum atomic E-state index is 0.697. The summed E-state index contributed by atoms with van der Waals surface area (Å²) in [5.74, 6) is 0. The van der Waals surface area contributed by atoms with E-state index >= 15 is 0 Å². The predicted molar refractivity (Wildman–Crippen MR) is 68.7 cm³/mol. The Kier molecular flexibility index (Phi) is 3.88. The number of hydrogen-bond donors (Lipinski definition) is 1. The van der Waals surface area contributed by atoms with Crippen LogP contribution in [0.25, 0.3) is 0 Å². The fourth-order valence-corrected chi connectivity index (χ4v) is 3.04. The summed E-state index contributed by atoms with van der Waals surface area (Å²) >= 11 is 0. The molecule has 0 amide bonds. The van der Waals surface area contributed by atoms with E-state index in [0.717, 1.165) is 12.1 Å². The summed E-state index contributed by atoms with van der Waals surface area (Å²) in [6.45, 7) is 10.7. The fourth-order valence-electron chi connectivity index (χ4n) is 3.04. The van der Waals surface area contributed by atoms with E-state index < -0.39 is 0 Å². The van der Waals surface area contributed by atoms with Crippen molar-refractivity contribution in [3.63, 3.8) is 0 Å². The van der Waals surface area contributed by atoms with E-state index in [4.69, 9.17) is 0 Å². The minimum absolute atomic E-state index is 0.697. The highest BCUT2D eigenvalue weighted by molar-refractivity contribution is 4.89. The van der Waals surface area contributed by atoms with E-state index in [1.165, 1.54) is 32.5 Å². The summed E-state index contributed by atoms with van der Waals surface area (Å²) in [6, 6.07) is 2.89. The number of nitrogens with zero attached hydrogens (tertiary/aromatic N) is 2. The second-order valence-corrected chi connectivity index (χ2v) is 5.86. The van der Waals surface area contributed by atoms with Crippen molar-refractivity contribution in [1.82, 2.24) is 15.1 Å². The number of hydrogen-bond acceptors (Lipinski definition) is 3. The first-order valence-electron chi connectivity index (χ1n) is 6.77. The van der Waals surface area contributed by atoms with Gasteiger partial charge in [0.2, 0.25) is 0 Å². The zero-order valence-electron chi connectivity index (χ0n) is 11.2. The van der Waals surface area contributed by atoms with Crippen molar-refractivity contribution in [3.05, 3.63) is 0 Å². The van der Waals surface area contributed by atoms with E-state index in [9.17, 15) is 0 Å². The van der Waals surface area contributed by atoms with Crippen LogP contribution >= 0.6 is 0 Å². The normalized spacial score (nSPS) is 43.5. The summed E-state index contributed by atoms with van der Waals surface area (Å²) in [5, 5.41) is 3.61. The number of likely N-dealkylation sites (N-methyl/N-ethyl adjacent to an activating group) is 1. The van der Waals surface area contributed by atoms with Gasteiger partial charge in [-0.15, -0.1) is 0 Å². The van der Waals surface area contributed by atoms with E-state index in [1.54, 1.807) is 0 Å². The molecule has 0 aromatic heterocycles. The van der Waals surface area contributed by atoms with Crippen LogP contribution < -0.4 is 5.32 Å². The van der Waals surface area contributed by atoms with Gasteiger partial charge in [-0.3, -0.25) is 9.80 Å². The molecule has 0 aromatic rings. The quantitative estimate of drug-likeness (QED) is 0.722. The molecule has 2 saturated heterocycles. The molecule has 2 aliphatic heterocycles. The molecule has 16 heavy (non-hydrogen) atoms. The van der Waals surface area contributed by atoms with Crippen LogP contribution in [0.3, 0.4) is 0 Å². The number of piperazine rings is 1. The first kappa shape index (κ1) is 12.3. The third kappa shape index (κ3) is 2.58. The summed E-state index contributed by atoms with van der Waals surface area (Å²) in [7, 11) is 2.26. The Labute approximate surface area is 100 Å². The summed E-state index contributed by atoms with van der Waals surface area (Å²) in [6.07, 6.45) is 2.71. The monoisotopic (exact) mass is 225 g/mol. The van der Waals surface area contributed by atoms with Crippen molar-refractivity contribution in [1.29, 1.82) is 0 Å². The molecule has 2 rings (SSSR count). The van der Waals surface area contributed by atoms with Gasteiger partial charge >= 0.3 is 0 Å². The zero-order valence-corrected chi connectivity index (χ0v) is 11.2. The van der Waals surface area contributed by atoms with E-state index in [1.807, 2.05) is 0 Å². The summed E-state index contributed by atoms with van der Waals surface area (Å²) in [4.78, 5) is 5.21. The molecule has 94 valence electrons. The van der Waals surface area contributed by atoms with Crippen molar-refractivity contribution in [2.24, 2.45) is 0 Å². The van der Waals surface area contributed by atoms with Crippen LogP contribution in [0.4, 0.5) is 0 Å². The molecule has 2 heterocycles. The van der Waals surface area contributed by atoms with Gasteiger partial charge in [-0.2, -0.15) is 0 Å². The standard InChI is InChI=1S/C13H27N3/c1-10-5-6-13(7-14-10)16-8-11(2)15(4)12(3)9-16/h10-14H,5-9H2,1-4H3. The van der Waals surface area contributed by atoms with Crippen LogP contribution in [-0.4, -0.2) is 60.6 Å². The lowest BCUT2D eigenvalue weighted by molar-refractivity contribution is 0.0244. The SMILES string of the molecule is CC1CCC(N2CC(C)N(C)C(C)C2)CN1. The van der Waals surface area contributed by atoms with Crippen molar-refractivity contribution in [3.8, 4) is 0 Å². The van der Waals surface area contributed by atoms with Gasteiger partial charge in [-0.25, -0.2) is 0 Å². The van der Waals surface area contributed by atoms with Crippen LogP contribution in [0.2, 0.25) is 0 Å². The Hall–Kier alpha value is -0.120. The maximum atomic E-state index is 3.61. The molecule has 2 fully saturated rings. The largest absolute Gasteiger partial charge is 0.313 e. The molecule has 0 radical (unpaired) electrons. The molecule has 2 aliphatic rings. The predicted octanol–water partition coefficient (Wildman–Crippen LogP) is 1.15. The van der Waals surface area contributed by atoms with Gasteiger partial charge in [0, 0.05) is 43.8 Å². The topological polar surface area (TPSA) is 18.5 Å². The van der Waals surface area contributed by atoms with E-state index in [0.29, 0.717) is 12.1 Å². The molecule has 3 nitrogen and oxygen atoms in total. The average molecular weight is 225 g/mol. The first-order valence-corrected chi connectivity index (χ1v) is 6.77. The van der Waals surface area contributed by atoms with Crippen LogP contribution in [0, 0.1) is 0 Å². The fraction of sp³-hybridized carbons (Fsp3) is 1.00. The average Bonchev–Trinajstić information content (AvgIpc) is 2.26. The first-order chi connectivity index (χ1) is 7.58. The third-order valence-corrected chi connectivity index (χ3v) is 4.54. The van der Waals surface area contributed by atoms with Crippen molar-refractivity contribution < 1.29 is 0 Å². The summed E-state index contributed by atoms with van der Waals surface area (Å²) < 4.78 is 0. The van der Waals surface area contributed by atoms with Crippen molar-refractivity contribution >= 4 is 0 Å². The van der Waals surface area contributed by atoms with Crippen LogP contribution in [-0.2, 0) is 0 Å². The van der Waals surface area contributed by atoms with Crippen molar-refractivity contribution in [2.45, 2.75) is 57.8 Å². The smallest absolute Gasteiger partial charge is 0.0222 e. The lowest BCUT2D eigenvalue weighted by atomic mass is 9.98. The lowest BCUT2D eigenvalue weighted by Gasteiger charge is -2.47. The molecular weight excluding hydrogens is 198 g/mol. The second-order valence-electron chi connectivity index (χ2n) is 5.86. The Balaban J connectivity index is 1.90. The van der Waals surface area contributed by atoms with Gasteiger partial charge in [-0.05, 0) is 40.7 Å². The van der Waals surface area contributed by atoms with E-state index in [-0.39, 0.29) is 0 Å². The Morgan fingerprint density at radius 1 is 1.00 bits per heavy atom. The number of nitrogens with one attached hydrogen (secondary N) is 1. The molecule has 0 spiro atoms. The molecule has 4 atom stereocenters. The third-order valence-electron chi connectivity index (χ3n) is 4.54. The van der Waals surface area contributed by atoms with Crippen molar-refractivity contribution in [2.75, 3.05) is 26.7 Å². The molecule has 0 aromatic carbocycles. The Bertz CT molecular complexity index is 211. The van der Waals surface area contributed by atoms with Gasteiger partial charge in [0.05, 0.1) is 0 Å². The maximum Gasteiger partial charge on any atom is 0.0222 e. The van der Waals surface area contributed by atoms with Gasteiger partial charge in [0.25, 0.3) is 0 Å². The van der Waals surface area contributed by atoms with Crippen LogP contribution in [0.5, 0.6) is 0 Å². The van der Waals surface area contributed by atoms with Gasteiger partial charge in [0.1, 0.15) is 0 Å². The zero-order chi connectivity index (χ0) is 11.7. The molecule has 3 heteroatoms. The highest BCUT2D eigenvalue weighted by Gasteiger charge is 2.31. The molecule has 1 N–H and O–H groups in total. The highest BCUT2D eigenvalue weighted by Crippen LogP contribution is 2.20. The molecule has 0 saturated carbocycles. The Morgan fingerprint density at radius 2 is 1.62 bits per heavy atom. The molecular formula is C13H27N3. The Morgan fingerprint density at radius 3 is 2.12 bits per heavy atom. The summed E-state index contributed by atoms with van der Waals surface area (Å²) in [5.41, 5.74) is 0. The van der Waals surface area contributed by atoms with Gasteiger partial charge in [-0.1, -0.05) is 0 Å². The van der Waals surface area contributed by atoms with Crippen LogP contribution in [0.15, 0.2) is 0 Å². The second kappa shape index (κ2) is 5.03. The van der Waals surface area contributed by atoms with Crippen LogP contribution in [0.1, 0.15) is 33.6 Å². The molecule has 0 bridgehead atoms. The minimum Gasteiger partial charge on any atom is -0.313 e. The highest BCUT2D eigenvalue weighted by atomic mass is 15.3. The van der Waals surface area contributed by atoms with Gasteiger partial charge in [0.15, 0.2) is 0 Å². The number of rotatable bonds is 1. The molecule has 0 aliphatic carbocycles. The molecule has 4 unspecified atom stereocenters. The van der Waals surface area contributed by atoms with E-state index in [2.05, 4.69) is 42.9 Å². The lowest BCUT2D eigenvalue weighted by Crippen LogP contribution is -2.60.